The maximum atomic E-state index is 13.1. The highest BCUT2D eigenvalue weighted by atomic mass is 35.5. The van der Waals surface area contributed by atoms with Crippen LogP contribution >= 0.6 is 23.8 Å². The highest BCUT2D eigenvalue weighted by Crippen LogP contribution is 2.28. The molecule has 0 spiro atoms. The quantitative estimate of drug-likeness (QED) is 0.371. The summed E-state index contributed by atoms with van der Waals surface area (Å²) in [5.74, 6) is -0.528. The number of carbonyl (C=O) groups is 1. The standard InChI is InChI=1S/C23H17ClFN3O2S/c1-12-9-13(2)20-19(10-12)27-22(30-20)14-3-6-16(7-4-14)26-23(31)28-21(29)17-8-5-15(25)11-18(17)24/h3-11H,1-2H3,(H2,26,28,29,31). The Morgan fingerprint density at radius 2 is 1.84 bits per heavy atom. The molecule has 0 bridgehead atoms. The Labute approximate surface area is 188 Å². The van der Waals surface area contributed by atoms with Crippen molar-refractivity contribution in [2.24, 2.45) is 0 Å². The summed E-state index contributed by atoms with van der Waals surface area (Å²) in [6, 6.07) is 14.8. The minimum Gasteiger partial charge on any atom is -0.436 e. The van der Waals surface area contributed by atoms with E-state index in [0.29, 0.717) is 11.6 Å². The SMILES string of the molecule is Cc1cc(C)c2oc(-c3ccc(NC(=S)NC(=O)c4ccc(F)cc4Cl)cc3)nc2c1. The van der Waals surface area contributed by atoms with Crippen LogP contribution in [0.1, 0.15) is 21.5 Å². The minimum absolute atomic E-state index is 0.00779. The van der Waals surface area contributed by atoms with Gasteiger partial charge in [0.1, 0.15) is 11.3 Å². The van der Waals surface area contributed by atoms with Gasteiger partial charge in [-0.1, -0.05) is 17.7 Å². The smallest absolute Gasteiger partial charge is 0.258 e. The highest BCUT2D eigenvalue weighted by Gasteiger charge is 2.14. The van der Waals surface area contributed by atoms with Crippen molar-refractivity contribution in [1.82, 2.24) is 10.3 Å². The highest BCUT2D eigenvalue weighted by molar-refractivity contribution is 7.80. The van der Waals surface area contributed by atoms with Crippen molar-refractivity contribution in [2.45, 2.75) is 13.8 Å². The van der Waals surface area contributed by atoms with Crippen LogP contribution in [0.4, 0.5) is 10.1 Å². The van der Waals surface area contributed by atoms with Crippen LogP contribution in [-0.2, 0) is 0 Å². The Morgan fingerprint density at radius 3 is 2.55 bits per heavy atom. The molecule has 2 N–H and O–H groups in total. The van der Waals surface area contributed by atoms with Gasteiger partial charge in [0, 0.05) is 11.3 Å². The van der Waals surface area contributed by atoms with Crippen LogP contribution in [-0.4, -0.2) is 16.0 Å². The minimum atomic E-state index is -0.531. The number of nitrogens with zero attached hydrogens (tertiary/aromatic N) is 1. The number of fused-ring (bicyclic) bond motifs is 1. The fourth-order valence-electron chi connectivity index (χ4n) is 3.20. The number of aryl methyl sites for hydroxylation is 2. The zero-order chi connectivity index (χ0) is 22.1. The number of benzene rings is 3. The van der Waals surface area contributed by atoms with Gasteiger partial charge in [0.05, 0.1) is 10.6 Å². The third-order valence-electron chi connectivity index (χ3n) is 4.61. The summed E-state index contributed by atoms with van der Waals surface area (Å²) in [6.07, 6.45) is 0. The number of oxazole rings is 1. The van der Waals surface area contributed by atoms with E-state index in [0.717, 1.165) is 39.9 Å². The molecule has 4 rings (SSSR count). The number of hydrogen-bond donors (Lipinski definition) is 2. The number of rotatable bonds is 3. The lowest BCUT2D eigenvalue weighted by molar-refractivity contribution is 0.0978. The van der Waals surface area contributed by atoms with Crippen LogP contribution in [0.3, 0.4) is 0 Å². The van der Waals surface area contributed by atoms with Crippen LogP contribution in [0.15, 0.2) is 59.0 Å². The van der Waals surface area contributed by atoms with E-state index in [1.165, 1.54) is 6.07 Å². The first kappa shape index (κ1) is 21.0. The molecule has 0 aliphatic carbocycles. The molecule has 0 radical (unpaired) electrons. The molecule has 0 aliphatic rings. The van der Waals surface area contributed by atoms with E-state index in [9.17, 15) is 9.18 Å². The van der Waals surface area contributed by atoms with Crippen LogP contribution in [0.2, 0.25) is 5.02 Å². The van der Waals surface area contributed by atoms with Gasteiger partial charge < -0.3 is 9.73 Å². The van der Waals surface area contributed by atoms with E-state index in [1.54, 1.807) is 12.1 Å². The monoisotopic (exact) mass is 453 g/mol. The second-order valence-electron chi connectivity index (χ2n) is 7.06. The lowest BCUT2D eigenvalue weighted by Gasteiger charge is -2.10. The van der Waals surface area contributed by atoms with Gasteiger partial charge in [0.2, 0.25) is 5.89 Å². The summed E-state index contributed by atoms with van der Waals surface area (Å²) in [7, 11) is 0. The number of anilines is 1. The molecule has 0 saturated heterocycles. The molecule has 156 valence electrons. The Morgan fingerprint density at radius 1 is 1.10 bits per heavy atom. The molecule has 1 heterocycles. The van der Waals surface area contributed by atoms with Crippen molar-refractivity contribution in [2.75, 3.05) is 5.32 Å². The topological polar surface area (TPSA) is 67.2 Å². The molecule has 3 aromatic carbocycles. The number of amides is 1. The Bertz CT molecular complexity index is 1320. The predicted molar refractivity (Wildman–Crippen MR) is 124 cm³/mol. The predicted octanol–water partition coefficient (Wildman–Crippen LogP) is 6.03. The van der Waals surface area contributed by atoms with Crippen LogP contribution in [0.5, 0.6) is 0 Å². The van der Waals surface area contributed by atoms with E-state index in [-0.39, 0.29) is 15.7 Å². The first-order valence-corrected chi connectivity index (χ1v) is 10.1. The van der Waals surface area contributed by atoms with Crippen molar-refractivity contribution >= 4 is 51.6 Å². The lowest BCUT2D eigenvalue weighted by Crippen LogP contribution is -2.34. The number of hydrogen-bond acceptors (Lipinski definition) is 4. The summed E-state index contributed by atoms with van der Waals surface area (Å²) in [5, 5.41) is 5.55. The van der Waals surface area contributed by atoms with E-state index >= 15 is 0 Å². The van der Waals surface area contributed by atoms with E-state index in [1.807, 2.05) is 32.0 Å². The van der Waals surface area contributed by atoms with Gasteiger partial charge >= 0.3 is 0 Å². The molecular formula is C23H17ClFN3O2S. The Kier molecular flexibility index (Phi) is 5.71. The molecule has 8 heteroatoms. The number of halogens is 2. The van der Waals surface area contributed by atoms with Crippen molar-refractivity contribution in [3.63, 3.8) is 0 Å². The largest absolute Gasteiger partial charge is 0.436 e. The van der Waals surface area contributed by atoms with Gasteiger partial charge in [0.25, 0.3) is 5.91 Å². The van der Waals surface area contributed by atoms with E-state index < -0.39 is 11.7 Å². The summed E-state index contributed by atoms with van der Waals surface area (Å²) < 4.78 is 19.1. The first-order valence-electron chi connectivity index (χ1n) is 9.36. The average Bonchev–Trinajstić information content (AvgIpc) is 3.12. The number of carbonyl (C=O) groups excluding carboxylic acids is 1. The first-order chi connectivity index (χ1) is 14.8. The second kappa shape index (κ2) is 8.45. The van der Waals surface area contributed by atoms with Gasteiger partial charge in [-0.05, 0) is 85.7 Å². The lowest BCUT2D eigenvalue weighted by atomic mass is 10.1. The van der Waals surface area contributed by atoms with Crippen LogP contribution in [0, 0.1) is 19.7 Å². The van der Waals surface area contributed by atoms with Crippen LogP contribution < -0.4 is 10.6 Å². The van der Waals surface area contributed by atoms with Crippen molar-refractivity contribution in [1.29, 1.82) is 0 Å². The summed E-state index contributed by atoms with van der Waals surface area (Å²) in [5.41, 5.74) is 5.36. The zero-order valence-corrected chi connectivity index (χ0v) is 18.2. The van der Waals surface area contributed by atoms with Crippen LogP contribution in [0.25, 0.3) is 22.6 Å². The molecule has 4 aromatic rings. The zero-order valence-electron chi connectivity index (χ0n) is 16.6. The normalized spacial score (nSPS) is 10.8. The Balaban J connectivity index is 1.45. The summed E-state index contributed by atoms with van der Waals surface area (Å²) >= 11 is 11.1. The number of nitrogens with one attached hydrogen (secondary N) is 2. The molecule has 1 amide bonds. The molecule has 0 saturated carbocycles. The van der Waals surface area contributed by atoms with Crippen molar-refractivity contribution in [3.8, 4) is 11.5 Å². The molecule has 31 heavy (non-hydrogen) atoms. The van der Waals surface area contributed by atoms with E-state index in [4.69, 9.17) is 28.2 Å². The molecule has 1 aromatic heterocycles. The Hall–Kier alpha value is -3.29. The third-order valence-corrected chi connectivity index (χ3v) is 5.13. The fraction of sp³-hybridized carbons (Fsp3) is 0.0870. The fourth-order valence-corrected chi connectivity index (χ4v) is 3.67. The number of thiocarbonyl (C=S) groups is 1. The number of aromatic nitrogens is 1. The van der Waals surface area contributed by atoms with E-state index in [2.05, 4.69) is 21.7 Å². The van der Waals surface area contributed by atoms with Gasteiger partial charge in [0.15, 0.2) is 10.7 Å². The molecular weight excluding hydrogens is 437 g/mol. The maximum absolute atomic E-state index is 13.1. The molecule has 0 unspecified atom stereocenters. The van der Waals surface area contributed by atoms with Gasteiger partial charge in [-0.25, -0.2) is 9.37 Å². The summed E-state index contributed by atoms with van der Waals surface area (Å²) in [6.45, 7) is 4.01. The van der Waals surface area contributed by atoms with Gasteiger partial charge in [-0.15, -0.1) is 0 Å². The second-order valence-corrected chi connectivity index (χ2v) is 7.87. The van der Waals surface area contributed by atoms with Gasteiger partial charge in [-0.3, -0.25) is 10.1 Å². The molecule has 0 atom stereocenters. The maximum Gasteiger partial charge on any atom is 0.258 e. The van der Waals surface area contributed by atoms with Gasteiger partial charge in [-0.2, -0.15) is 0 Å². The molecule has 5 nitrogen and oxygen atoms in total. The molecule has 0 aliphatic heterocycles. The average molecular weight is 454 g/mol. The van der Waals surface area contributed by atoms with Crippen molar-refractivity contribution < 1.29 is 13.6 Å². The summed E-state index contributed by atoms with van der Waals surface area (Å²) in [4.78, 5) is 16.9. The van der Waals surface area contributed by atoms with Crippen molar-refractivity contribution in [3.05, 3.63) is 82.1 Å². The molecule has 0 fully saturated rings. The third kappa shape index (κ3) is 4.57.